The molecule has 0 amide bonds. The van der Waals surface area contributed by atoms with Crippen LogP contribution in [0.5, 0.6) is 5.75 Å². The van der Waals surface area contributed by atoms with Crippen LogP contribution in [-0.4, -0.2) is 28.4 Å². The molecule has 0 spiro atoms. The first kappa shape index (κ1) is 15.5. The zero-order valence-corrected chi connectivity index (χ0v) is 13.3. The summed E-state index contributed by atoms with van der Waals surface area (Å²) < 4.78 is 7.51. The fourth-order valence-corrected chi connectivity index (χ4v) is 2.63. The Balaban J connectivity index is 2.30. The highest BCUT2D eigenvalue weighted by Gasteiger charge is 2.18. The molecule has 2 aromatic rings. The van der Waals surface area contributed by atoms with Gasteiger partial charge in [0.15, 0.2) is 0 Å². The fraction of sp³-hybridized carbons (Fsp3) is 0.500. The number of likely N-dealkylation sites (N-methyl/N-ethyl adjacent to an activating group) is 1. The molecular weight excluding hydrogens is 264 g/mol. The molecule has 0 aliphatic carbocycles. The van der Waals surface area contributed by atoms with Crippen LogP contribution in [-0.2, 0) is 13.0 Å². The van der Waals surface area contributed by atoms with Crippen LogP contribution in [0.15, 0.2) is 24.5 Å². The standard InChI is InChI=1S/C16H24N4O/c1-5-18-15(14-7-8-17-11-16(14)21-4)10-13-9-12(3)19-20(13)6-2/h7-9,11,15,18H,5-6,10H2,1-4H3. The van der Waals surface area contributed by atoms with E-state index in [1.165, 1.54) is 5.69 Å². The summed E-state index contributed by atoms with van der Waals surface area (Å²) >= 11 is 0. The highest BCUT2D eigenvalue weighted by Crippen LogP contribution is 2.26. The Morgan fingerprint density at radius 1 is 1.38 bits per heavy atom. The van der Waals surface area contributed by atoms with Crippen molar-refractivity contribution in [3.8, 4) is 5.75 Å². The van der Waals surface area contributed by atoms with Crippen molar-refractivity contribution >= 4 is 0 Å². The summed E-state index contributed by atoms with van der Waals surface area (Å²) in [5, 5.41) is 8.06. The van der Waals surface area contributed by atoms with Gasteiger partial charge in [0.1, 0.15) is 5.75 Å². The van der Waals surface area contributed by atoms with Crippen LogP contribution in [0.4, 0.5) is 0 Å². The van der Waals surface area contributed by atoms with Crippen LogP contribution < -0.4 is 10.1 Å². The number of methoxy groups -OCH3 is 1. The first-order valence-electron chi connectivity index (χ1n) is 7.44. The highest BCUT2D eigenvalue weighted by molar-refractivity contribution is 5.34. The maximum atomic E-state index is 5.45. The molecule has 114 valence electrons. The zero-order chi connectivity index (χ0) is 15.2. The van der Waals surface area contributed by atoms with Gasteiger partial charge in [-0.15, -0.1) is 0 Å². The second-order valence-electron chi connectivity index (χ2n) is 5.02. The molecule has 2 aromatic heterocycles. The van der Waals surface area contributed by atoms with Gasteiger partial charge in [-0.2, -0.15) is 5.10 Å². The smallest absolute Gasteiger partial charge is 0.141 e. The largest absolute Gasteiger partial charge is 0.495 e. The Bertz CT molecular complexity index is 579. The monoisotopic (exact) mass is 288 g/mol. The molecule has 0 aliphatic rings. The molecule has 0 bridgehead atoms. The highest BCUT2D eigenvalue weighted by atomic mass is 16.5. The van der Waals surface area contributed by atoms with Gasteiger partial charge in [0, 0.05) is 36.5 Å². The minimum absolute atomic E-state index is 0.189. The minimum atomic E-state index is 0.189. The lowest BCUT2D eigenvalue weighted by atomic mass is 10.0. The quantitative estimate of drug-likeness (QED) is 0.850. The van der Waals surface area contributed by atoms with Crippen molar-refractivity contribution in [2.24, 2.45) is 0 Å². The fourth-order valence-electron chi connectivity index (χ4n) is 2.63. The minimum Gasteiger partial charge on any atom is -0.495 e. The van der Waals surface area contributed by atoms with E-state index in [-0.39, 0.29) is 6.04 Å². The Labute approximate surface area is 126 Å². The van der Waals surface area contributed by atoms with Crippen molar-refractivity contribution in [1.82, 2.24) is 20.1 Å². The molecule has 0 aliphatic heterocycles. The van der Waals surface area contributed by atoms with Gasteiger partial charge in [-0.1, -0.05) is 6.92 Å². The van der Waals surface area contributed by atoms with E-state index >= 15 is 0 Å². The Morgan fingerprint density at radius 2 is 2.19 bits per heavy atom. The van der Waals surface area contributed by atoms with Crippen molar-refractivity contribution in [3.63, 3.8) is 0 Å². The van der Waals surface area contributed by atoms with Crippen molar-refractivity contribution in [3.05, 3.63) is 41.5 Å². The average Bonchev–Trinajstić information content (AvgIpc) is 2.86. The number of nitrogens with zero attached hydrogens (tertiary/aromatic N) is 3. The van der Waals surface area contributed by atoms with Crippen molar-refractivity contribution in [1.29, 1.82) is 0 Å². The van der Waals surface area contributed by atoms with Gasteiger partial charge in [0.25, 0.3) is 0 Å². The number of rotatable bonds is 7. The molecule has 21 heavy (non-hydrogen) atoms. The number of aryl methyl sites for hydroxylation is 2. The second kappa shape index (κ2) is 7.22. The zero-order valence-electron chi connectivity index (χ0n) is 13.3. The molecular formula is C16H24N4O. The lowest BCUT2D eigenvalue weighted by molar-refractivity contribution is 0.395. The van der Waals surface area contributed by atoms with Gasteiger partial charge in [0.05, 0.1) is 19.0 Å². The molecule has 0 aromatic carbocycles. The molecule has 2 rings (SSSR count). The Kier molecular flexibility index (Phi) is 5.33. The van der Waals surface area contributed by atoms with Gasteiger partial charge in [0.2, 0.25) is 0 Å². The lowest BCUT2D eigenvalue weighted by Crippen LogP contribution is -2.24. The van der Waals surface area contributed by atoms with Gasteiger partial charge in [-0.05, 0) is 32.5 Å². The van der Waals surface area contributed by atoms with E-state index in [1.54, 1.807) is 13.3 Å². The number of hydrogen-bond donors (Lipinski definition) is 1. The third-order valence-electron chi connectivity index (χ3n) is 3.56. The SMILES string of the molecule is CCNC(Cc1cc(C)nn1CC)c1ccncc1OC. The van der Waals surface area contributed by atoms with Crippen LogP contribution in [0.2, 0.25) is 0 Å². The molecule has 1 unspecified atom stereocenters. The topological polar surface area (TPSA) is 52.0 Å². The summed E-state index contributed by atoms with van der Waals surface area (Å²) in [6.45, 7) is 8.05. The van der Waals surface area contributed by atoms with E-state index in [2.05, 4.69) is 40.0 Å². The van der Waals surface area contributed by atoms with Gasteiger partial charge < -0.3 is 10.1 Å². The van der Waals surface area contributed by atoms with E-state index < -0.39 is 0 Å². The summed E-state index contributed by atoms with van der Waals surface area (Å²) in [4.78, 5) is 4.13. The molecule has 5 heteroatoms. The van der Waals surface area contributed by atoms with E-state index in [0.29, 0.717) is 0 Å². The van der Waals surface area contributed by atoms with Crippen LogP contribution in [0.3, 0.4) is 0 Å². The molecule has 2 heterocycles. The van der Waals surface area contributed by atoms with Crippen molar-refractivity contribution in [2.75, 3.05) is 13.7 Å². The maximum absolute atomic E-state index is 5.45. The Morgan fingerprint density at radius 3 is 2.86 bits per heavy atom. The molecule has 0 radical (unpaired) electrons. The third-order valence-corrected chi connectivity index (χ3v) is 3.56. The first-order chi connectivity index (χ1) is 10.2. The van der Waals surface area contributed by atoms with Crippen LogP contribution in [0.25, 0.3) is 0 Å². The summed E-state index contributed by atoms with van der Waals surface area (Å²) in [5.74, 6) is 0.822. The summed E-state index contributed by atoms with van der Waals surface area (Å²) in [6, 6.07) is 4.36. The summed E-state index contributed by atoms with van der Waals surface area (Å²) in [7, 11) is 1.68. The lowest BCUT2D eigenvalue weighted by Gasteiger charge is -2.20. The maximum Gasteiger partial charge on any atom is 0.141 e. The normalized spacial score (nSPS) is 12.4. The average molecular weight is 288 g/mol. The van der Waals surface area contributed by atoms with E-state index in [4.69, 9.17) is 4.74 Å². The number of ether oxygens (including phenoxy) is 1. The van der Waals surface area contributed by atoms with Crippen LogP contribution in [0, 0.1) is 6.92 Å². The summed E-state index contributed by atoms with van der Waals surface area (Å²) in [6.07, 6.45) is 4.45. The molecule has 0 saturated heterocycles. The van der Waals surface area contributed by atoms with E-state index in [1.807, 2.05) is 19.2 Å². The number of aromatic nitrogens is 3. The molecule has 1 N–H and O–H groups in total. The van der Waals surface area contributed by atoms with Gasteiger partial charge in [-0.25, -0.2) is 0 Å². The number of hydrogen-bond acceptors (Lipinski definition) is 4. The van der Waals surface area contributed by atoms with Crippen molar-refractivity contribution < 1.29 is 4.74 Å². The third kappa shape index (κ3) is 3.61. The number of nitrogens with one attached hydrogen (secondary N) is 1. The predicted octanol–water partition coefficient (Wildman–Crippen LogP) is 2.51. The van der Waals surface area contributed by atoms with Crippen molar-refractivity contribution in [2.45, 2.75) is 39.8 Å². The molecule has 1 atom stereocenters. The second-order valence-corrected chi connectivity index (χ2v) is 5.02. The van der Waals surface area contributed by atoms with Gasteiger partial charge >= 0.3 is 0 Å². The van der Waals surface area contributed by atoms with E-state index in [9.17, 15) is 0 Å². The predicted molar refractivity (Wildman–Crippen MR) is 83.5 cm³/mol. The van der Waals surface area contributed by atoms with Gasteiger partial charge in [-0.3, -0.25) is 9.67 Å². The van der Waals surface area contributed by atoms with E-state index in [0.717, 1.165) is 36.5 Å². The van der Waals surface area contributed by atoms with Crippen LogP contribution >= 0.6 is 0 Å². The first-order valence-corrected chi connectivity index (χ1v) is 7.44. The van der Waals surface area contributed by atoms with Crippen LogP contribution in [0.1, 0.15) is 36.8 Å². The molecule has 5 nitrogen and oxygen atoms in total. The number of pyridine rings is 1. The molecule has 0 fully saturated rings. The summed E-state index contributed by atoms with van der Waals surface area (Å²) in [5.41, 5.74) is 3.43. The molecule has 0 saturated carbocycles. The Hall–Kier alpha value is -1.88.